The predicted molar refractivity (Wildman–Crippen MR) is 178 cm³/mol. The number of pyridine rings is 1. The Morgan fingerprint density at radius 2 is 1.66 bits per heavy atom. The Kier molecular flexibility index (Phi) is 10.8. The first-order valence-electron chi connectivity index (χ1n) is 15.6. The van der Waals surface area contributed by atoms with Gasteiger partial charge in [0.1, 0.15) is 11.6 Å². The van der Waals surface area contributed by atoms with Crippen LogP contribution in [0.25, 0.3) is 22.5 Å². The summed E-state index contributed by atoms with van der Waals surface area (Å²) in [5.74, 6) is -0.00788. The zero-order valence-electron chi connectivity index (χ0n) is 26.6. The minimum absolute atomic E-state index is 0.155. The molecule has 1 saturated carbocycles. The molecule has 0 radical (unpaired) electrons. The number of rotatable bonds is 10. The van der Waals surface area contributed by atoms with Gasteiger partial charge in [0, 0.05) is 48.1 Å². The van der Waals surface area contributed by atoms with E-state index in [-0.39, 0.29) is 23.7 Å². The second-order valence-electron chi connectivity index (χ2n) is 12.8. The molecular formula is C34H39ClN8O4. The minimum atomic E-state index is -0.815. The molecule has 0 bridgehead atoms. The van der Waals surface area contributed by atoms with Crippen LogP contribution in [0.5, 0.6) is 0 Å². The fraction of sp³-hybridized carbons (Fsp3) is 0.382. The van der Waals surface area contributed by atoms with E-state index in [4.69, 9.17) is 16.3 Å². The maximum absolute atomic E-state index is 13.6. The molecule has 1 aliphatic carbocycles. The van der Waals surface area contributed by atoms with E-state index in [1.54, 1.807) is 36.7 Å². The van der Waals surface area contributed by atoms with Crippen LogP contribution in [0.2, 0.25) is 5.02 Å². The molecule has 4 aromatic rings. The van der Waals surface area contributed by atoms with Crippen LogP contribution in [0.1, 0.15) is 52.0 Å². The van der Waals surface area contributed by atoms with E-state index in [1.807, 2.05) is 51.1 Å². The number of carbonyl (C=O) groups is 3. The fourth-order valence-corrected chi connectivity index (χ4v) is 5.70. The Morgan fingerprint density at radius 3 is 2.30 bits per heavy atom. The van der Waals surface area contributed by atoms with Gasteiger partial charge in [0.25, 0.3) is 0 Å². The van der Waals surface area contributed by atoms with Crippen molar-refractivity contribution in [2.24, 2.45) is 11.8 Å². The summed E-state index contributed by atoms with van der Waals surface area (Å²) in [6.07, 6.45) is 6.09. The lowest BCUT2D eigenvalue weighted by atomic mass is 9.81. The largest absolute Gasteiger partial charge is 0.444 e. The topological polar surface area (TPSA) is 164 Å². The summed E-state index contributed by atoms with van der Waals surface area (Å²) >= 11 is 6.12. The average molecular weight is 659 g/mol. The Balaban J connectivity index is 1.23. The minimum Gasteiger partial charge on any atom is -0.444 e. The first-order chi connectivity index (χ1) is 22.5. The number of alkyl carbamates (subject to hydrolysis) is 1. The lowest BCUT2D eigenvalue weighted by Gasteiger charge is -2.29. The summed E-state index contributed by atoms with van der Waals surface area (Å²) in [6, 6.07) is 15.9. The fourth-order valence-electron chi connectivity index (χ4n) is 5.52. The molecule has 2 aromatic heterocycles. The Morgan fingerprint density at radius 1 is 0.957 bits per heavy atom. The number of hydrogen-bond acceptors (Lipinski definition) is 8. The number of nitrogens with zero attached hydrogens (tertiary/aromatic N) is 4. The second-order valence-corrected chi connectivity index (χ2v) is 13.2. The highest BCUT2D eigenvalue weighted by Gasteiger charge is 2.30. The number of halogens is 1. The van der Waals surface area contributed by atoms with Gasteiger partial charge in [0.15, 0.2) is 0 Å². The Hall–Kier alpha value is -4.84. The predicted octanol–water partition coefficient (Wildman–Crippen LogP) is 5.58. The molecule has 2 aromatic carbocycles. The molecule has 1 atom stereocenters. The number of carbonyl (C=O) groups excluding carboxylic acids is 3. The van der Waals surface area contributed by atoms with Crippen molar-refractivity contribution in [3.8, 4) is 22.5 Å². The number of aromatic amines is 1. The SMILES string of the molecule is CC(C)(C)OC(=O)NCC1CCC(C(=O)NC(Cc2ccc(-c3cncc(Cl)c3)cc2)C(=O)Nc2ccc(-c3nn[nH]n3)cc2)CC1. The van der Waals surface area contributed by atoms with E-state index in [1.165, 1.54) is 0 Å². The van der Waals surface area contributed by atoms with Crippen LogP contribution in [0.15, 0.2) is 67.0 Å². The van der Waals surface area contributed by atoms with Gasteiger partial charge in [0.05, 0.1) is 5.02 Å². The van der Waals surface area contributed by atoms with Gasteiger partial charge in [-0.25, -0.2) is 4.79 Å². The van der Waals surface area contributed by atoms with Crippen LogP contribution in [-0.2, 0) is 20.7 Å². The number of aromatic nitrogens is 5. The quantitative estimate of drug-likeness (QED) is 0.172. The van der Waals surface area contributed by atoms with Gasteiger partial charge in [-0.3, -0.25) is 14.6 Å². The number of tetrazole rings is 1. The Labute approximate surface area is 278 Å². The molecule has 13 heteroatoms. The molecule has 4 N–H and O–H groups in total. The molecule has 0 spiro atoms. The molecule has 0 aliphatic heterocycles. The van der Waals surface area contributed by atoms with E-state index in [0.29, 0.717) is 42.3 Å². The number of hydrogen-bond donors (Lipinski definition) is 4. The van der Waals surface area contributed by atoms with Crippen molar-refractivity contribution >= 4 is 35.2 Å². The van der Waals surface area contributed by atoms with E-state index < -0.39 is 17.7 Å². The van der Waals surface area contributed by atoms with Crippen molar-refractivity contribution in [1.29, 1.82) is 0 Å². The first kappa shape index (κ1) is 33.5. The summed E-state index contributed by atoms with van der Waals surface area (Å²) < 4.78 is 5.33. The van der Waals surface area contributed by atoms with Crippen LogP contribution >= 0.6 is 11.6 Å². The maximum Gasteiger partial charge on any atom is 0.407 e. The number of ether oxygens (including phenoxy) is 1. The molecule has 246 valence electrons. The average Bonchev–Trinajstić information content (AvgIpc) is 3.59. The lowest BCUT2D eigenvalue weighted by molar-refractivity contribution is -0.130. The van der Waals surface area contributed by atoms with Crippen LogP contribution in [0, 0.1) is 11.8 Å². The van der Waals surface area contributed by atoms with Crippen molar-refractivity contribution in [2.45, 2.75) is 64.5 Å². The molecular weight excluding hydrogens is 620 g/mol. The zero-order valence-corrected chi connectivity index (χ0v) is 27.4. The number of anilines is 1. The van der Waals surface area contributed by atoms with Crippen LogP contribution in [0.4, 0.5) is 10.5 Å². The van der Waals surface area contributed by atoms with Crippen LogP contribution in [-0.4, -0.2) is 61.7 Å². The smallest absolute Gasteiger partial charge is 0.407 e. The summed E-state index contributed by atoms with van der Waals surface area (Å²) in [5.41, 5.74) is 3.46. The summed E-state index contributed by atoms with van der Waals surface area (Å²) in [5, 5.41) is 23.3. The molecule has 12 nitrogen and oxygen atoms in total. The van der Waals surface area contributed by atoms with Gasteiger partial charge in [-0.15, -0.1) is 10.2 Å². The molecule has 1 unspecified atom stereocenters. The number of amides is 3. The highest BCUT2D eigenvalue weighted by Crippen LogP contribution is 2.29. The third-order valence-corrected chi connectivity index (χ3v) is 8.18. The van der Waals surface area contributed by atoms with Gasteiger partial charge in [0.2, 0.25) is 17.6 Å². The van der Waals surface area contributed by atoms with Gasteiger partial charge in [-0.1, -0.05) is 35.9 Å². The van der Waals surface area contributed by atoms with E-state index in [0.717, 1.165) is 35.1 Å². The Bertz CT molecular complexity index is 1650. The lowest BCUT2D eigenvalue weighted by Crippen LogP contribution is -2.48. The molecule has 1 fully saturated rings. The summed E-state index contributed by atoms with van der Waals surface area (Å²) in [4.78, 5) is 43.4. The number of benzene rings is 2. The third-order valence-electron chi connectivity index (χ3n) is 7.97. The normalized spacial score (nSPS) is 16.9. The first-order valence-corrected chi connectivity index (χ1v) is 16.0. The van der Waals surface area contributed by atoms with Crippen molar-refractivity contribution in [1.82, 2.24) is 36.2 Å². The van der Waals surface area contributed by atoms with E-state index >= 15 is 0 Å². The van der Waals surface area contributed by atoms with Crippen molar-refractivity contribution in [2.75, 3.05) is 11.9 Å². The molecule has 5 rings (SSSR count). The zero-order chi connectivity index (χ0) is 33.4. The van der Waals surface area contributed by atoms with Gasteiger partial charge >= 0.3 is 6.09 Å². The van der Waals surface area contributed by atoms with Gasteiger partial charge in [-0.05, 0) is 99.0 Å². The van der Waals surface area contributed by atoms with Gasteiger partial charge in [-0.2, -0.15) is 5.21 Å². The molecule has 2 heterocycles. The highest BCUT2D eigenvalue weighted by molar-refractivity contribution is 6.30. The van der Waals surface area contributed by atoms with E-state index in [9.17, 15) is 14.4 Å². The van der Waals surface area contributed by atoms with Crippen molar-refractivity contribution in [3.05, 3.63) is 77.6 Å². The van der Waals surface area contributed by atoms with Crippen molar-refractivity contribution < 1.29 is 19.1 Å². The summed E-state index contributed by atoms with van der Waals surface area (Å²) in [7, 11) is 0. The van der Waals surface area contributed by atoms with Crippen molar-refractivity contribution in [3.63, 3.8) is 0 Å². The molecule has 3 amide bonds. The maximum atomic E-state index is 13.6. The molecule has 47 heavy (non-hydrogen) atoms. The number of H-pyrrole nitrogens is 1. The van der Waals surface area contributed by atoms with Crippen LogP contribution in [0.3, 0.4) is 0 Å². The monoisotopic (exact) mass is 658 g/mol. The third kappa shape index (κ3) is 9.82. The summed E-state index contributed by atoms with van der Waals surface area (Å²) in [6.45, 7) is 5.98. The second kappa shape index (κ2) is 15.2. The highest BCUT2D eigenvalue weighted by atomic mass is 35.5. The molecule has 1 aliphatic rings. The molecule has 0 saturated heterocycles. The van der Waals surface area contributed by atoms with Gasteiger partial charge < -0.3 is 20.7 Å². The number of nitrogens with one attached hydrogen (secondary N) is 4. The van der Waals surface area contributed by atoms with Crippen LogP contribution < -0.4 is 16.0 Å². The van der Waals surface area contributed by atoms with E-state index in [2.05, 4.69) is 41.6 Å². The standard InChI is InChI=1S/C34H39ClN8O4/c1-34(2,3)47-33(46)37-18-22-6-10-25(11-7-22)31(44)39-29(16-21-4-8-23(9-5-21)26-17-27(35)20-36-19-26)32(45)38-28-14-12-24(13-15-28)30-40-42-43-41-30/h4-5,8-9,12-15,17,19-20,22,25,29H,6-7,10-11,16,18H2,1-3H3,(H,37,46)(H,38,45)(H,39,44)(H,40,41,42,43).